The molecule has 0 heterocycles. The van der Waals surface area contributed by atoms with Crippen LogP contribution in [-0.2, 0) is 25.9 Å². The van der Waals surface area contributed by atoms with Crippen molar-refractivity contribution in [3.05, 3.63) is 35.4 Å². The van der Waals surface area contributed by atoms with Crippen molar-refractivity contribution in [2.24, 2.45) is 27.3 Å². The average Bonchev–Trinajstić information content (AvgIpc) is 3.40. The quantitative estimate of drug-likeness (QED) is 0.530. The number of hydrogen-bond donors (Lipinski definition) is 1. The molecule has 2 unspecified atom stereocenters. The van der Waals surface area contributed by atoms with E-state index in [1.54, 1.807) is 6.07 Å². The van der Waals surface area contributed by atoms with Crippen molar-refractivity contribution in [3.63, 3.8) is 0 Å². The van der Waals surface area contributed by atoms with Crippen molar-refractivity contribution >= 4 is 23.0 Å². The fourth-order valence-corrected chi connectivity index (χ4v) is 2.75. The van der Waals surface area contributed by atoms with Crippen molar-refractivity contribution in [3.8, 4) is 0 Å². The number of oxime groups is 3. The average molecular weight is 374 g/mol. The molecule has 0 bridgehead atoms. The molecule has 0 aromatic heterocycles. The van der Waals surface area contributed by atoms with E-state index in [9.17, 15) is 4.79 Å². The molecule has 2 atom stereocenters. The van der Waals surface area contributed by atoms with Gasteiger partial charge in [-0.15, -0.1) is 0 Å². The second kappa shape index (κ2) is 9.70. The summed E-state index contributed by atoms with van der Waals surface area (Å²) in [5, 5.41) is 14.7. The van der Waals surface area contributed by atoms with E-state index < -0.39 is 0 Å². The van der Waals surface area contributed by atoms with Crippen LogP contribution in [0.2, 0.25) is 0 Å². The van der Waals surface area contributed by atoms with Crippen LogP contribution in [0.1, 0.15) is 31.4 Å². The molecule has 1 aliphatic carbocycles. The summed E-state index contributed by atoms with van der Waals surface area (Å²) < 4.78 is 0. The van der Waals surface area contributed by atoms with Gasteiger partial charge in [-0.2, -0.15) is 0 Å². The van der Waals surface area contributed by atoms with Crippen LogP contribution < -0.4 is 5.32 Å². The Morgan fingerprint density at radius 2 is 1.85 bits per heavy atom. The normalized spacial score (nSPS) is 20.1. The zero-order chi connectivity index (χ0) is 19.8. The summed E-state index contributed by atoms with van der Waals surface area (Å²) in [7, 11) is 4.45. The minimum absolute atomic E-state index is 0.174. The molecule has 0 aliphatic heterocycles. The number of rotatable bonds is 9. The number of carbonyl (C=O) groups is 1. The highest BCUT2D eigenvalue weighted by molar-refractivity contribution is 6.45. The van der Waals surface area contributed by atoms with Crippen molar-refractivity contribution in [1.29, 1.82) is 0 Å². The molecule has 0 saturated heterocycles. The summed E-state index contributed by atoms with van der Waals surface area (Å²) in [6, 6.07) is 7.31. The van der Waals surface area contributed by atoms with Crippen LogP contribution in [0.5, 0.6) is 0 Å². The Morgan fingerprint density at radius 1 is 1.19 bits per heavy atom. The monoisotopic (exact) mass is 374 g/mol. The number of hydrogen-bond acceptors (Lipinski definition) is 7. The summed E-state index contributed by atoms with van der Waals surface area (Å²) >= 11 is 0. The lowest BCUT2D eigenvalue weighted by molar-refractivity contribution is -0.114. The van der Waals surface area contributed by atoms with Crippen molar-refractivity contribution < 1.29 is 19.3 Å². The Hall–Kier alpha value is -2.90. The van der Waals surface area contributed by atoms with E-state index in [0.29, 0.717) is 23.1 Å². The number of likely N-dealkylation sites (N-methyl/N-ethyl adjacent to an activating group) is 1. The largest absolute Gasteiger partial charge is 0.399 e. The molecule has 27 heavy (non-hydrogen) atoms. The molecule has 1 N–H and O–H groups in total. The van der Waals surface area contributed by atoms with Gasteiger partial charge in [0.2, 0.25) is 0 Å². The number of amides is 1. The van der Waals surface area contributed by atoms with Crippen molar-refractivity contribution in [1.82, 2.24) is 5.32 Å². The summed E-state index contributed by atoms with van der Waals surface area (Å²) in [4.78, 5) is 27.4. The minimum atomic E-state index is -0.346. The van der Waals surface area contributed by atoms with Gasteiger partial charge in [0.05, 0.1) is 0 Å². The highest BCUT2D eigenvalue weighted by Gasteiger charge is 2.39. The molecule has 1 aromatic rings. The van der Waals surface area contributed by atoms with Gasteiger partial charge in [0.1, 0.15) is 32.2 Å². The number of carbonyl (C=O) groups excluding carboxylic acids is 1. The van der Waals surface area contributed by atoms with Crippen LogP contribution in [0.3, 0.4) is 0 Å². The topological polar surface area (TPSA) is 93.9 Å². The maximum atomic E-state index is 12.1. The number of benzene rings is 1. The summed E-state index contributed by atoms with van der Waals surface area (Å²) in [6.07, 6.45) is 1.07. The molecular formula is C19H26N4O4. The third-order valence-corrected chi connectivity index (χ3v) is 4.34. The Kier molecular flexibility index (Phi) is 7.34. The molecule has 1 aromatic carbocycles. The lowest BCUT2D eigenvalue weighted by Crippen LogP contribution is -2.29. The van der Waals surface area contributed by atoms with Gasteiger partial charge in [-0.25, -0.2) is 0 Å². The maximum absolute atomic E-state index is 12.1. The Balaban J connectivity index is 2.15. The maximum Gasteiger partial charge on any atom is 0.273 e. The van der Waals surface area contributed by atoms with Gasteiger partial charge in [-0.05, 0) is 19.3 Å². The lowest BCUT2D eigenvalue weighted by atomic mass is 10.0. The molecule has 1 aliphatic rings. The molecule has 1 saturated carbocycles. The highest BCUT2D eigenvalue weighted by Crippen LogP contribution is 2.39. The molecule has 2 rings (SSSR count). The predicted octanol–water partition coefficient (Wildman–Crippen LogP) is 2.33. The number of nitrogens with one attached hydrogen (secondary N) is 1. The molecule has 8 nitrogen and oxygen atoms in total. The highest BCUT2D eigenvalue weighted by atomic mass is 16.6. The van der Waals surface area contributed by atoms with E-state index >= 15 is 0 Å². The van der Waals surface area contributed by atoms with E-state index in [2.05, 4.69) is 27.7 Å². The van der Waals surface area contributed by atoms with Crippen LogP contribution in [0.4, 0.5) is 0 Å². The first-order valence-corrected chi connectivity index (χ1v) is 8.72. The van der Waals surface area contributed by atoms with E-state index in [1.807, 2.05) is 25.1 Å². The third-order valence-electron chi connectivity index (χ3n) is 4.34. The Bertz CT molecular complexity index is 758. The van der Waals surface area contributed by atoms with Gasteiger partial charge in [-0.3, -0.25) is 4.79 Å². The van der Waals surface area contributed by atoms with E-state index in [-0.39, 0.29) is 18.2 Å². The standard InChI is InChI=1S/C19H26N4O4/c1-12-10-16(12)17(22-25-4)13(2)21-27-11-14-8-6-7-9-15(14)18(23-26-5)19(24)20-3/h6-9,12,16H,10-11H2,1-5H3,(H,20,24)/b21-13+,22-17+,23-18+. The Labute approximate surface area is 159 Å². The molecule has 1 amide bonds. The van der Waals surface area contributed by atoms with Crippen LogP contribution in [0.15, 0.2) is 39.7 Å². The summed E-state index contributed by atoms with van der Waals surface area (Å²) in [6.45, 7) is 4.18. The molecule has 0 spiro atoms. The molecule has 0 radical (unpaired) electrons. The van der Waals surface area contributed by atoms with Gasteiger partial charge in [-0.1, -0.05) is 46.7 Å². The SMILES string of the molecule is CNC(=O)/C(=N/OC)c1ccccc1CO/N=C(C)/C(=N\OC)C1CC1C. The van der Waals surface area contributed by atoms with Crippen LogP contribution in [-0.4, -0.2) is 44.3 Å². The van der Waals surface area contributed by atoms with Gasteiger partial charge in [0.25, 0.3) is 5.91 Å². The fraction of sp³-hybridized carbons (Fsp3) is 0.474. The number of nitrogens with zero attached hydrogens (tertiary/aromatic N) is 3. The second-order valence-corrected chi connectivity index (χ2v) is 6.29. The van der Waals surface area contributed by atoms with Gasteiger partial charge in [0, 0.05) is 24.1 Å². The zero-order valence-corrected chi connectivity index (χ0v) is 16.4. The van der Waals surface area contributed by atoms with Crippen molar-refractivity contribution in [2.75, 3.05) is 21.3 Å². The van der Waals surface area contributed by atoms with Gasteiger partial charge >= 0.3 is 0 Å². The predicted molar refractivity (Wildman–Crippen MR) is 104 cm³/mol. The molecule has 1 fully saturated rings. The van der Waals surface area contributed by atoms with Crippen molar-refractivity contribution in [2.45, 2.75) is 26.9 Å². The van der Waals surface area contributed by atoms with E-state index in [1.165, 1.54) is 21.3 Å². The molecule has 8 heteroatoms. The smallest absolute Gasteiger partial charge is 0.273 e. The van der Waals surface area contributed by atoms with Crippen LogP contribution in [0, 0.1) is 11.8 Å². The lowest BCUT2D eigenvalue weighted by Gasteiger charge is -2.10. The first kappa shape index (κ1) is 20.4. The van der Waals surface area contributed by atoms with E-state index in [0.717, 1.165) is 17.7 Å². The van der Waals surface area contributed by atoms with Crippen LogP contribution in [0.25, 0.3) is 0 Å². The second-order valence-electron chi connectivity index (χ2n) is 6.29. The fourth-order valence-electron chi connectivity index (χ4n) is 2.75. The molecule has 146 valence electrons. The third kappa shape index (κ3) is 5.29. The van der Waals surface area contributed by atoms with E-state index in [4.69, 9.17) is 14.5 Å². The van der Waals surface area contributed by atoms with Gasteiger partial charge < -0.3 is 19.8 Å². The Morgan fingerprint density at radius 3 is 2.44 bits per heavy atom. The molecular weight excluding hydrogens is 348 g/mol. The minimum Gasteiger partial charge on any atom is -0.399 e. The summed E-state index contributed by atoms with van der Waals surface area (Å²) in [5.74, 6) is 0.588. The van der Waals surface area contributed by atoms with Crippen LogP contribution >= 0.6 is 0 Å². The first-order chi connectivity index (χ1) is 13.0. The van der Waals surface area contributed by atoms with Gasteiger partial charge in [0.15, 0.2) is 5.71 Å². The first-order valence-electron chi connectivity index (χ1n) is 8.72. The zero-order valence-electron chi connectivity index (χ0n) is 16.4. The summed E-state index contributed by atoms with van der Waals surface area (Å²) in [5.41, 5.74) is 3.05.